The second kappa shape index (κ2) is 69.9. The highest BCUT2D eigenvalue weighted by Crippen LogP contribution is 2.20. The molecule has 0 aliphatic carbocycles. The second-order valence-corrected chi connectivity index (χ2v) is 32.5. The average molecular weight is 1500 g/mol. The minimum Gasteiger partial charge on any atom is -0.383 e. The molecule has 1 heterocycles. The van der Waals surface area contributed by atoms with E-state index in [0.717, 1.165) is 123 Å². The third-order valence-corrected chi connectivity index (χ3v) is 15.8. The molecule has 1 fully saturated rings. The van der Waals surface area contributed by atoms with Gasteiger partial charge in [-0.15, -0.1) is 0 Å². The molecule has 1 aliphatic rings. The Morgan fingerprint density at radius 3 is 1.06 bits per heavy atom. The average Bonchev–Trinajstić information content (AvgIpc) is 0.890. The fraction of sp³-hybridized carbons (Fsp3) is 0.901. The first kappa shape index (κ1) is 111. The summed E-state index contributed by atoms with van der Waals surface area (Å²) in [5, 5.41) is 8.43. The van der Waals surface area contributed by atoms with Crippen molar-refractivity contribution < 1.29 is 43.1 Å². The van der Waals surface area contributed by atoms with Gasteiger partial charge in [-0.2, -0.15) is 0 Å². The Hall–Kier alpha value is -4.56. The van der Waals surface area contributed by atoms with E-state index >= 15 is 0 Å². The molecule has 0 spiro atoms. The molecule has 3 N–H and O–H groups in total. The molecule has 8 amide bonds. The number of ether oxygens (including phenoxy) is 1. The van der Waals surface area contributed by atoms with Crippen molar-refractivity contribution in [1.29, 1.82) is 0 Å². The standard InChI is InChI=1S/C14H28N2O.C13H27N3O2.C12H26N2O.C11H24N2O2.C11H24N2O.2C10H22N2O/c1-5-13-6-8-16(9-7-13)14(17)11-15(4)10-12(2)3;1-7-16(10-12(17)14(4)5)13(18)9-15(6)8-11(2)3;1-5-7-13-12(15)10-14(8-6-2)9-11(3)4;1-10(2)8-13(6-7-15-5)9-11(14)12(3)4;1-6-7-13(8-10(2)3)9-11(14)12(4)5;1-8(2)6-12(5)7-10(13)11-9(3)4;1-5-6-12(7-9(2)3)8-10(13)11-4/h12-13H,5-11H2,1-4H3;11H,7-10H2,1-6H3;11H,5-10H2,1-4H3,(H,13,15);10H,6-9H2,1-5H3;10H,6-9H2,1-5H3;8-9H,6-7H2,1-5H3,(H,11,13);9H,5-8H2,1-4H3,(H,11,13). The predicted octanol–water partition coefficient (Wildman–Crippen LogP) is 8.94. The van der Waals surface area contributed by atoms with Crippen LogP contribution in [0.25, 0.3) is 0 Å². The van der Waals surface area contributed by atoms with Crippen LogP contribution in [0, 0.1) is 47.3 Å². The Kier molecular flexibility index (Phi) is 74.1. The second-order valence-electron chi connectivity index (χ2n) is 32.5. The Morgan fingerprint density at radius 1 is 0.400 bits per heavy atom. The number of rotatable bonds is 44. The number of likely N-dealkylation sites (tertiary alicyclic amines) is 1. The highest BCUT2D eigenvalue weighted by atomic mass is 16.5. The van der Waals surface area contributed by atoms with Crippen molar-refractivity contribution in [2.75, 3.05) is 235 Å². The number of hydrogen-bond donors (Lipinski definition) is 3. The van der Waals surface area contributed by atoms with Gasteiger partial charge in [-0.3, -0.25) is 72.7 Å². The van der Waals surface area contributed by atoms with Gasteiger partial charge in [0.15, 0.2) is 0 Å². The Morgan fingerprint density at radius 2 is 0.743 bits per heavy atom. The molecule has 105 heavy (non-hydrogen) atoms. The van der Waals surface area contributed by atoms with E-state index in [9.17, 15) is 38.4 Å². The van der Waals surface area contributed by atoms with Gasteiger partial charge in [0.2, 0.25) is 47.3 Å². The van der Waals surface area contributed by atoms with Gasteiger partial charge in [-0.05, 0) is 147 Å². The van der Waals surface area contributed by atoms with E-state index in [1.54, 1.807) is 57.0 Å². The van der Waals surface area contributed by atoms with Gasteiger partial charge in [-0.25, -0.2) is 0 Å². The maximum Gasteiger partial charge on any atom is 0.241 e. The zero-order valence-corrected chi connectivity index (χ0v) is 74.7. The van der Waals surface area contributed by atoms with Gasteiger partial charge in [-0.1, -0.05) is 138 Å². The van der Waals surface area contributed by atoms with Crippen LogP contribution in [-0.4, -0.2) is 347 Å². The third kappa shape index (κ3) is 74.7. The van der Waals surface area contributed by atoms with Crippen molar-refractivity contribution >= 4 is 47.3 Å². The third-order valence-electron chi connectivity index (χ3n) is 15.8. The molecule has 626 valence electrons. The van der Waals surface area contributed by atoms with Gasteiger partial charge >= 0.3 is 0 Å². The number of piperidine rings is 1. The smallest absolute Gasteiger partial charge is 0.241 e. The Balaban J connectivity index is -0.000000273. The molecule has 0 aromatic rings. The summed E-state index contributed by atoms with van der Waals surface area (Å²) in [5.41, 5.74) is 0. The molecule has 1 saturated heterocycles. The van der Waals surface area contributed by atoms with Crippen LogP contribution in [0.15, 0.2) is 0 Å². The van der Waals surface area contributed by atoms with E-state index in [0.29, 0.717) is 106 Å². The van der Waals surface area contributed by atoms with Crippen LogP contribution in [0.4, 0.5) is 0 Å². The molecule has 1 aliphatic heterocycles. The molecular weight excluding hydrogens is 1330 g/mol. The zero-order valence-electron chi connectivity index (χ0n) is 74.7. The largest absolute Gasteiger partial charge is 0.383 e. The van der Waals surface area contributed by atoms with E-state index in [4.69, 9.17) is 4.74 Å². The van der Waals surface area contributed by atoms with Crippen molar-refractivity contribution in [3.05, 3.63) is 0 Å². The molecule has 24 heteroatoms. The Bertz CT molecular complexity index is 2140. The molecule has 0 aromatic carbocycles. The molecule has 1 rings (SSSR count). The quantitative estimate of drug-likeness (QED) is 0.0518. The number of nitrogens with one attached hydrogen (secondary N) is 3. The molecule has 0 radical (unpaired) electrons. The fourth-order valence-corrected chi connectivity index (χ4v) is 11.3. The van der Waals surface area contributed by atoms with E-state index in [1.165, 1.54) is 24.2 Å². The van der Waals surface area contributed by atoms with Gasteiger partial charge in [0.05, 0.1) is 59.0 Å². The molecule has 0 bridgehead atoms. The first-order chi connectivity index (χ1) is 48.8. The number of likely N-dealkylation sites (N-methyl/N-ethyl adjacent to an activating group) is 8. The summed E-state index contributed by atoms with van der Waals surface area (Å²) in [5.74, 6) is 6.02. The summed E-state index contributed by atoms with van der Waals surface area (Å²) in [6.45, 7) is 65.2. The van der Waals surface area contributed by atoms with Crippen molar-refractivity contribution in [2.24, 2.45) is 47.3 Å². The highest BCUT2D eigenvalue weighted by Gasteiger charge is 2.24. The molecule has 0 saturated carbocycles. The zero-order chi connectivity index (χ0) is 82.5. The van der Waals surface area contributed by atoms with Crippen LogP contribution in [0.5, 0.6) is 0 Å². The van der Waals surface area contributed by atoms with Gasteiger partial charge in [0.1, 0.15) is 0 Å². The predicted molar refractivity (Wildman–Crippen MR) is 443 cm³/mol. The van der Waals surface area contributed by atoms with E-state index in [1.807, 2.05) is 70.7 Å². The summed E-state index contributed by atoms with van der Waals surface area (Å²) in [4.78, 5) is 116. The normalized spacial score (nSPS) is 12.2. The highest BCUT2D eigenvalue weighted by molar-refractivity contribution is 5.85. The van der Waals surface area contributed by atoms with Crippen LogP contribution < -0.4 is 16.0 Å². The number of hydrogen-bond acceptors (Lipinski definition) is 16. The lowest BCUT2D eigenvalue weighted by atomic mass is 9.94. The van der Waals surface area contributed by atoms with Crippen molar-refractivity contribution in [1.82, 2.24) is 74.7 Å². The van der Waals surface area contributed by atoms with E-state index in [2.05, 4.69) is 172 Å². The molecular formula is C81H173N15O9. The fourth-order valence-electron chi connectivity index (χ4n) is 11.3. The maximum atomic E-state index is 12.1. The lowest BCUT2D eigenvalue weighted by molar-refractivity contribution is -0.139. The number of methoxy groups -OCH3 is 1. The molecule has 0 atom stereocenters. The van der Waals surface area contributed by atoms with Crippen molar-refractivity contribution in [2.45, 2.75) is 203 Å². The molecule has 0 aromatic heterocycles. The summed E-state index contributed by atoms with van der Waals surface area (Å²) in [7, 11) is 19.9. The number of carbonyl (C=O) groups excluding carboxylic acids is 8. The maximum absolute atomic E-state index is 12.1. The topological polar surface area (TPSA) is 221 Å². The number of amides is 8. The van der Waals surface area contributed by atoms with Gasteiger partial charge in [0, 0.05) is 141 Å². The summed E-state index contributed by atoms with van der Waals surface area (Å²) >= 11 is 0. The van der Waals surface area contributed by atoms with Crippen LogP contribution in [0.1, 0.15) is 197 Å². The monoisotopic (exact) mass is 1500 g/mol. The van der Waals surface area contributed by atoms with Crippen LogP contribution in [-0.2, 0) is 43.1 Å². The van der Waals surface area contributed by atoms with Crippen LogP contribution in [0.2, 0.25) is 0 Å². The van der Waals surface area contributed by atoms with Gasteiger partial charge in [0.25, 0.3) is 0 Å². The van der Waals surface area contributed by atoms with Crippen LogP contribution >= 0.6 is 0 Å². The summed E-state index contributed by atoms with van der Waals surface area (Å²) in [6.07, 6.45) is 7.95. The number of carbonyl (C=O) groups is 8. The minimum absolute atomic E-state index is 0.0100. The summed E-state index contributed by atoms with van der Waals surface area (Å²) < 4.78 is 5.03. The minimum atomic E-state index is -0.0447. The number of nitrogens with zero attached hydrogens (tertiary/aromatic N) is 12. The van der Waals surface area contributed by atoms with Crippen molar-refractivity contribution in [3.63, 3.8) is 0 Å². The lowest BCUT2D eigenvalue weighted by Gasteiger charge is -2.32. The van der Waals surface area contributed by atoms with Crippen LogP contribution in [0.3, 0.4) is 0 Å². The first-order valence-electron chi connectivity index (χ1n) is 40.2. The van der Waals surface area contributed by atoms with E-state index < -0.39 is 0 Å². The lowest BCUT2D eigenvalue weighted by Crippen LogP contribution is -2.44. The Labute approximate surface area is 647 Å². The summed E-state index contributed by atoms with van der Waals surface area (Å²) in [6, 6.07) is 0.236. The first-order valence-corrected chi connectivity index (χ1v) is 40.2. The van der Waals surface area contributed by atoms with Gasteiger partial charge < -0.3 is 45.2 Å². The SMILES string of the molecule is CC(C)CN(C)CC(=O)NC(C)C.CCC1CCN(C(=O)CN(C)CC(C)C)CC1.CCCN(CC(=O)N(C)C)CC(C)C.CCCN(CC(=O)NC)CC(C)C.CCCNC(=O)CN(CCC)CC(C)C.CCN(CC(=O)N(C)C)C(=O)CN(C)CC(C)C.COCCN(CC(=O)N(C)C)CC(C)C. The van der Waals surface area contributed by atoms with Crippen molar-refractivity contribution in [3.8, 4) is 0 Å². The molecule has 24 nitrogen and oxygen atoms in total. The van der Waals surface area contributed by atoms with E-state index in [-0.39, 0.29) is 53.9 Å². The molecule has 0 unspecified atom stereocenters.